The number of anilines is 2. The predicted octanol–water partition coefficient (Wildman–Crippen LogP) is 5.52. The Balaban J connectivity index is 1.33. The van der Waals surface area contributed by atoms with Gasteiger partial charge in [0.1, 0.15) is 11.3 Å². The van der Waals surface area contributed by atoms with E-state index in [0.29, 0.717) is 0 Å². The van der Waals surface area contributed by atoms with Crippen molar-refractivity contribution in [1.82, 2.24) is 14.6 Å². The van der Waals surface area contributed by atoms with E-state index < -0.39 is 0 Å². The molecule has 0 amide bonds. The number of fused-ring (bicyclic) bond motifs is 1. The minimum Gasteiger partial charge on any atom is -0.494 e. The number of aromatic nitrogens is 3. The average molecular weight is 456 g/mol. The van der Waals surface area contributed by atoms with Crippen LogP contribution in [0.4, 0.5) is 11.5 Å². The largest absolute Gasteiger partial charge is 0.494 e. The fraction of sp³-hybridized carbons (Fsp3) is 0.357. The van der Waals surface area contributed by atoms with Crippen LogP contribution in [0, 0.1) is 13.8 Å². The average Bonchev–Trinajstić information content (AvgIpc) is 3.31. The van der Waals surface area contributed by atoms with Crippen LogP contribution in [0.15, 0.2) is 60.9 Å². The third-order valence-corrected chi connectivity index (χ3v) is 6.57. The summed E-state index contributed by atoms with van der Waals surface area (Å²) in [4.78, 5) is 9.62. The lowest BCUT2D eigenvalue weighted by atomic mass is 10.1. The highest BCUT2D eigenvalue weighted by Gasteiger charge is 2.22. The van der Waals surface area contributed by atoms with E-state index in [0.717, 1.165) is 74.0 Å². The molecule has 0 atom stereocenters. The second-order valence-electron chi connectivity index (χ2n) is 9.10. The van der Waals surface area contributed by atoms with Gasteiger partial charge in [0.2, 0.25) is 0 Å². The molecule has 1 fully saturated rings. The molecule has 0 bridgehead atoms. The van der Waals surface area contributed by atoms with Crippen molar-refractivity contribution in [2.45, 2.75) is 33.6 Å². The van der Waals surface area contributed by atoms with Gasteiger partial charge in [-0.25, -0.2) is 9.50 Å². The Morgan fingerprint density at radius 3 is 2.44 bits per heavy atom. The zero-order valence-electron chi connectivity index (χ0n) is 20.4. The molecule has 1 aliphatic heterocycles. The van der Waals surface area contributed by atoms with Gasteiger partial charge in [0, 0.05) is 49.8 Å². The Labute approximate surface area is 201 Å². The van der Waals surface area contributed by atoms with Crippen LogP contribution in [0.3, 0.4) is 0 Å². The van der Waals surface area contributed by atoms with Gasteiger partial charge in [0.05, 0.1) is 12.3 Å². The van der Waals surface area contributed by atoms with E-state index in [1.54, 1.807) is 0 Å². The van der Waals surface area contributed by atoms with Gasteiger partial charge in [-0.1, -0.05) is 25.5 Å². The van der Waals surface area contributed by atoms with Crippen LogP contribution in [0.5, 0.6) is 5.75 Å². The smallest absolute Gasteiger partial charge is 0.154 e. The molecule has 2 aromatic carbocycles. The molecule has 176 valence electrons. The summed E-state index contributed by atoms with van der Waals surface area (Å²) in [5, 5.41) is 4.83. The normalized spacial score (nSPS) is 14.1. The number of aryl methyl sites for hydroxylation is 2. The van der Waals surface area contributed by atoms with E-state index in [9.17, 15) is 0 Å². The summed E-state index contributed by atoms with van der Waals surface area (Å²) in [6.07, 6.45) is 5.98. The molecule has 1 aliphatic rings. The molecule has 3 heterocycles. The van der Waals surface area contributed by atoms with Gasteiger partial charge in [-0.3, -0.25) is 0 Å². The Kier molecular flexibility index (Phi) is 6.39. The number of nitrogens with zero attached hydrogens (tertiary/aromatic N) is 5. The molecular formula is C28H33N5O. The predicted molar refractivity (Wildman–Crippen MR) is 139 cm³/mol. The number of hydrogen-bond donors (Lipinski definition) is 0. The third-order valence-electron chi connectivity index (χ3n) is 6.57. The minimum absolute atomic E-state index is 0.760. The van der Waals surface area contributed by atoms with Crippen LogP contribution in [-0.2, 0) is 0 Å². The molecule has 4 aromatic rings. The molecule has 0 saturated carbocycles. The molecule has 6 nitrogen and oxygen atoms in total. The second kappa shape index (κ2) is 9.75. The Hall–Kier alpha value is -3.54. The summed E-state index contributed by atoms with van der Waals surface area (Å²) in [6, 6.07) is 17.1. The fourth-order valence-corrected chi connectivity index (χ4v) is 4.57. The Morgan fingerprint density at radius 1 is 0.912 bits per heavy atom. The third kappa shape index (κ3) is 4.58. The summed E-state index contributed by atoms with van der Waals surface area (Å²) in [5.41, 5.74) is 7.06. The highest BCUT2D eigenvalue weighted by molar-refractivity contribution is 5.75. The van der Waals surface area contributed by atoms with Crippen molar-refractivity contribution in [2.24, 2.45) is 0 Å². The van der Waals surface area contributed by atoms with Gasteiger partial charge in [-0.05, 0) is 67.8 Å². The number of rotatable bonds is 7. The molecular weight excluding hydrogens is 422 g/mol. The summed E-state index contributed by atoms with van der Waals surface area (Å²) in [5.74, 6) is 1.91. The molecule has 1 saturated heterocycles. The molecule has 0 aliphatic carbocycles. The highest BCUT2D eigenvalue weighted by atomic mass is 16.5. The van der Waals surface area contributed by atoms with Gasteiger partial charge in [0.25, 0.3) is 0 Å². The SMILES string of the molecule is CCCCOc1ccc(-c2cc3c(N4CCN(c5cc(C)ccc5C)CC4)nccn3n2)cc1. The summed E-state index contributed by atoms with van der Waals surface area (Å²) in [7, 11) is 0. The molecule has 0 unspecified atom stereocenters. The van der Waals surface area contributed by atoms with Gasteiger partial charge in [0.15, 0.2) is 5.82 Å². The van der Waals surface area contributed by atoms with Crippen LogP contribution in [0.1, 0.15) is 30.9 Å². The number of ether oxygens (including phenoxy) is 1. The fourth-order valence-electron chi connectivity index (χ4n) is 4.57. The molecule has 2 aromatic heterocycles. The lowest BCUT2D eigenvalue weighted by Crippen LogP contribution is -2.47. The van der Waals surface area contributed by atoms with Crippen molar-refractivity contribution in [2.75, 3.05) is 42.6 Å². The molecule has 6 heteroatoms. The maximum Gasteiger partial charge on any atom is 0.154 e. The van der Waals surface area contributed by atoms with Crippen LogP contribution in [-0.4, -0.2) is 47.4 Å². The summed E-state index contributed by atoms with van der Waals surface area (Å²) < 4.78 is 7.75. The van der Waals surface area contributed by atoms with E-state index in [4.69, 9.17) is 14.8 Å². The lowest BCUT2D eigenvalue weighted by Gasteiger charge is -2.37. The van der Waals surface area contributed by atoms with Crippen molar-refractivity contribution in [3.8, 4) is 17.0 Å². The lowest BCUT2D eigenvalue weighted by molar-refractivity contribution is 0.309. The van der Waals surface area contributed by atoms with Crippen LogP contribution >= 0.6 is 0 Å². The van der Waals surface area contributed by atoms with Crippen molar-refractivity contribution < 1.29 is 4.74 Å². The number of unbranched alkanes of at least 4 members (excludes halogenated alkanes) is 1. The Bertz CT molecular complexity index is 1260. The zero-order valence-corrected chi connectivity index (χ0v) is 20.4. The van der Waals surface area contributed by atoms with Crippen LogP contribution < -0.4 is 14.5 Å². The van der Waals surface area contributed by atoms with Gasteiger partial charge >= 0.3 is 0 Å². The van der Waals surface area contributed by atoms with Gasteiger partial charge < -0.3 is 14.5 Å². The number of piperazine rings is 1. The van der Waals surface area contributed by atoms with Gasteiger partial charge in [-0.2, -0.15) is 5.10 Å². The molecule has 0 radical (unpaired) electrons. The molecule has 0 spiro atoms. The minimum atomic E-state index is 0.760. The monoisotopic (exact) mass is 455 g/mol. The standard InChI is InChI=1S/C28H33N5O/c1-4-5-18-34-24-10-8-23(9-11-24)25-20-27-28(29-12-13-33(27)30-25)32-16-14-31(15-17-32)26-19-21(2)6-7-22(26)3/h6-13,19-20H,4-5,14-18H2,1-3H3. The first-order valence-corrected chi connectivity index (χ1v) is 12.3. The molecule has 5 rings (SSSR count). The highest BCUT2D eigenvalue weighted by Crippen LogP contribution is 2.28. The van der Waals surface area contributed by atoms with Crippen LogP contribution in [0.25, 0.3) is 16.8 Å². The van der Waals surface area contributed by atoms with E-state index in [1.165, 1.54) is 16.8 Å². The van der Waals surface area contributed by atoms with Crippen molar-refractivity contribution in [3.63, 3.8) is 0 Å². The quantitative estimate of drug-likeness (QED) is 0.344. The number of benzene rings is 2. The van der Waals surface area contributed by atoms with E-state index >= 15 is 0 Å². The first kappa shape index (κ1) is 22.3. The van der Waals surface area contributed by atoms with E-state index in [1.807, 2.05) is 29.0 Å². The van der Waals surface area contributed by atoms with Crippen molar-refractivity contribution in [1.29, 1.82) is 0 Å². The first-order chi connectivity index (χ1) is 16.6. The Morgan fingerprint density at radius 2 is 1.68 bits per heavy atom. The first-order valence-electron chi connectivity index (χ1n) is 12.3. The van der Waals surface area contributed by atoms with Crippen molar-refractivity contribution in [3.05, 3.63) is 72.1 Å². The summed E-state index contributed by atoms with van der Waals surface area (Å²) >= 11 is 0. The van der Waals surface area contributed by atoms with Gasteiger partial charge in [-0.15, -0.1) is 0 Å². The van der Waals surface area contributed by atoms with Crippen LogP contribution in [0.2, 0.25) is 0 Å². The molecule has 34 heavy (non-hydrogen) atoms. The van der Waals surface area contributed by atoms with E-state index in [2.05, 4.69) is 67.0 Å². The summed E-state index contributed by atoms with van der Waals surface area (Å²) in [6.45, 7) is 11.1. The van der Waals surface area contributed by atoms with E-state index in [-0.39, 0.29) is 0 Å². The topological polar surface area (TPSA) is 45.9 Å². The molecule has 0 N–H and O–H groups in total. The maximum absolute atomic E-state index is 5.80. The maximum atomic E-state index is 5.80. The van der Waals surface area contributed by atoms with Crippen molar-refractivity contribution >= 4 is 17.0 Å². The second-order valence-corrected chi connectivity index (χ2v) is 9.10. The zero-order chi connectivity index (χ0) is 23.5. The number of hydrogen-bond acceptors (Lipinski definition) is 5.